The van der Waals surface area contributed by atoms with Gasteiger partial charge < -0.3 is 25.2 Å². The highest BCUT2D eigenvalue weighted by molar-refractivity contribution is 6.21. The molecule has 2 amide bonds. The number of fused-ring (bicyclic) bond motifs is 3. The van der Waals surface area contributed by atoms with Gasteiger partial charge in [-0.2, -0.15) is 0 Å². The van der Waals surface area contributed by atoms with Crippen LogP contribution in [0.4, 0.5) is 4.39 Å². The van der Waals surface area contributed by atoms with Crippen LogP contribution in [0.3, 0.4) is 0 Å². The topological polar surface area (TPSA) is 96.9 Å². The van der Waals surface area contributed by atoms with Crippen LogP contribution in [0.2, 0.25) is 0 Å². The molecule has 0 spiro atoms. The third-order valence-corrected chi connectivity index (χ3v) is 9.04. The van der Waals surface area contributed by atoms with Crippen molar-refractivity contribution in [3.63, 3.8) is 0 Å². The normalized spacial score (nSPS) is 42.2. The van der Waals surface area contributed by atoms with E-state index in [4.69, 9.17) is 21.1 Å². The second-order valence-electron chi connectivity index (χ2n) is 11.2. The van der Waals surface area contributed by atoms with Crippen molar-refractivity contribution in [2.75, 3.05) is 13.2 Å². The summed E-state index contributed by atoms with van der Waals surface area (Å²) in [6.07, 6.45) is 6.74. The van der Waals surface area contributed by atoms with Crippen LogP contribution in [-0.2, 0) is 19.1 Å². The van der Waals surface area contributed by atoms with Gasteiger partial charge in [-0.1, -0.05) is 19.8 Å². The highest BCUT2D eigenvalue weighted by Gasteiger charge is 2.55. The number of halogens is 2. The molecule has 0 aromatic carbocycles. The first-order chi connectivity index (χ1) is 16.2. The molecule has 6 atom stereocenters. The van der Waals surface area contributed by atoms with Crippen LogP contribution in [0, 0.1) is 5.92 Å². The summed E-state index contributed by atoms with van der Waals surface area (Å²) in [5.41, 5.74) is -1.14. The van der Waals surface area contributed by atoms with Gasteiger partial charge in [-0.3, -0.25) is 9.59 Å². The van der Waals surface area contributed by atoms with Crippen LogP contribution in [0.1, 0.15) is 84.0 Å². The van der Waals surface area contributed by atoms with Gasteiger partial charge >= 0.3 is 0 Å². The molecule has 34 heavy (non-hydrogen) atoms. The lowest BCUT2D eigenvalue weighted by Gasteiger charge is -2.56. The molecule has 0 aromatic rings. The lowest BCUT2D eigenvalue weighted by molar-refractivity contribution is -0.142. The Labute approximate surface area is 206 Å². The summed E-state index contributed by atoms with van der Waals surface area (Å²) in [5.74, 6) is 0.208. The lowest BCUT2D eigenvalue weighted by Crippen LogP contribution is -2.70. The minimum atomic E-state index is -1.10. The molecule has 5 unspecified atom stereocenters. The molecule has 0 heterocycles. The van der Waals surface area contributed by atoms with Crippen LogP contribution in [0.5, 0.6) is 0 Å². The summed E-state index contributed by atoms with van der Waals surface area (Å²) >= 11 is 5.91. The number of carbonyl (C=O) groups is 2. The zero-order valence-corrected chi connectivity index (χ0v) is 21.0. The Balaban J connectivity index is 1.21. The number of hydrogen-bond donors (Lipinski definition) is 3. The molecule has 2 bridgehead atoms. The molecule has 0 saturated heterocycles. The average Bonchev–Trinajstić information content (AvgIpc) is 2.80. The first kappa shape index (κ1) is 26.1. The Bertz CT molecular complexity index is 732. The zero-order valence-electron chi connectivity index (χ0n) is 20.2. The summed E-state index contributed by atoms with van der Waals surface area (Å²) in [4.78, 5) is 25.2. The molecule has 0 aromatic heterocycles. The maximum absolute atomic E-state index is 13.8. The van der Waals surface area contributed by atoms with E-state index in [1.807, 2.05) is 0 Å². The van der Waals surface area contributed by atoms with Crippen molar-refractivity contribution in [1.29, 1.82) is 0 Å². The summed E-state index contributed by atoms with van der Waals surface area (Å²) in [6, 6.07) is 0. The molecule has 5 rings (SSSR count). The van der Waals surface area contributed by atoms with Crippen LogP contribution >= 0.6 is 11.6 Å². The molecule has 9 heteroatoms. The molecule has 5 saturated carbocycles. The number of ether oxygens (including phenoxy) is 2. The Morgan fingerprint density at radius 1 is 0.971 bits per heavy atom. The van der Waals surface area contributed by atoms with Crippen molar-refractivity contribution in [1.82, 2.24) is 10.6 Å². The van der Waals surface area contributed by atoms with Gasteiger partial charge in [0.05, 0.1) is 29.2 Å². The van der Waals surface area contributed by atoms with E-state index in [-0.39, 0.29) is 43.7 Å². The Morgan fingerprint density at radius 2 is 1.62 bits per heavy atom. The number of rotatable bonds is 8. The van der Waals surface area contributed by atoms with Crippen molar-refractivity contribution < 1.29 is 28.6 Å². The van der Waals surface area contributed by atoms with Crippen molar-refractivity contribution in [2.24, 2.45) is 5.92 Å². The van der Waals surface area contributed by atoms with E-state index in [9.17, 15) is 19.1 Å². The predicted octanol–water partition coefficient (Wildman–Crippen LogP) is 3.14. The standard InChI is InChI=1S/C25H40ClFN2O5/c1-16-3-2-4-17(11-16)33-15-23(32)29-25-9-7-24(8-10-25,13-21(25)30)28-22(31)14-34-18-5-6-19(26)20(27)12-18/h16-21,30H,2-15H2,1H3,(H,28,31)(H,29,32)/t16?,17?,18?,19?,20?,21-,24?,25?/m0/s1. The number of hydrogen-bond acceptors (Lipinski definition) is 5. The van der Waals surface area contributed by atoms with Crippen LogP contribution < -0.4 is 10.6 Å². The van der Waals surface area contributed by atoms with Crippen LogP contribution in [0.15, 0.2) is 0 Å². The Kier molecular flexibility index (Phi) is 8.43. The molecule has 3 N–H and O–H groups in total. The molecule has 0 aliphatic heterocycles. The maximum atomic E-state index is 13.8. The van der Waals surface area contributed by atoms with Crippen molar-refractivity contribution >= 4 is 23.4 Å². The molecule has 5 fully saturated rings. The Morgan fingerprint density at radius 3 is 2.24 bits per heavy atom. The summed E-state index contributed by atoms with van der Waals surface area (Å²) < 4.78 is 25.3. The van der Waals surface area contributed by atoms with Gasteiger partial charge in [-0.05, 0) is 63.7 Å². The largest absolute Gasteiger partial charge is 0.391 e. The number of aliphatic hydroxyl groups is 1. The minimum Gasteiger partial charge on any atom is -0.391 e. The maximum Gasteiger partial charge on any atom is 0.246 e. The first-order valence-corrected chi connectivity index (χ1v) is 13.4. The number of carbonyl (C=O) groups excluding carboxylic acids is 2. The second-order valence-corrected chi connectivity index (χ2v) is 11.8. The minimum absolute atomic E-state index is 0.0242. The molecular weight excluding hydrogens is 463 g/mol. The lowest BCUT2D eigenvalue weighted by atomic mass is 9.60. The monoisotopic (exact) mass is 502 g/mol. The summed E-state index contributed by atoms with van der Waals surface area (Å²) in [6.45, 7) is 2.12. The van der Waals surface area contributed by atoms with Gasteiger partial charge in [0.15, 0.2) is 0 Å². The van der Waals surface area contributed by atoms with Crippen LogP contribution in [0.25, 0.3) is 0 Å². The highest BCUT2D eigenvalue weighted by Crippen LogP contribution is 2.47. The number of alkyl halides is 2. The van der Waals surface area contributed by atoms with Gasteiger partial charge in [-0.25, -0.2) is 4.39 Å². The molecule has 5 aliphatic carbocycles. The molecule has 5 aliphatic rings. The van der Waals surface area contributed by atoms with Gasteiger partial charge in [0.1, 0.15) is 19.4 Å². The summed E-state index contributed by atoms with van der Waals surface area (Å²) in [5, 5.41) is 16.6. The number of nitrogens with one attached hydrogen (secondary N) is 2. The van der Waals surface area contributed by atoms with Gasteiger partial charge in [0.25, 0.3) is 0 Å². The number of aliphatic hydroxyl groups excluding tert-OH is 1. The molecular formula is C25H40ClFN2O5. The first-order valence-electron chi connectivity index (χ1n) is 13.0. The van der Waals surface area contributed by atoms with Crippen LogP contribution in [-0.4, -0.2) is 71.1 Å². The second kappa shape index (κ2) is 11.0. The average molecular weight is 503 g/mol. The van der Waals surface area contributed by atoms with Gasteiger partial charge in [0, 0.05) is 12.0 Å². The third kappa shape index (κ3) is 6.23. The highest BCUT2D eigenvalue weighted by atomic mass is 35.5. The van der Waals surface area contributed by atoms with Crippen molar-refractivity contribution in [2.45, 2.75) is 125 Å². The summed E-state index contributed by atoms with van der Waals surface area (Å²) in [7, 11) is 0. The van der Waals surface area contributed by atoms with E-state index in [1.54, 1.807) is 0 Å². The van der Waals surface area contributed by atoms with E-state index in [2.05, 4.69) is 17.6 Å². The molecule has 7 nitrogen and oxygen atoms in total. The van der Waals surface area contributed by atoms with Gasteiger partial charge in [-0.15, -0.1) is 11.6 Å². The smallest absolute Gasteiger partial charge is 0.246 e. The third-order valence-electron chi connectivity index (χ3n) is 8.55. The Hall–Kier alpha value is -0.960. The fraction of sp³-hybridized carbons (Fsp3) is 0.920. The fourth-order valence-corrected chi connectivity index (χ4v) is 6.65. The van der Waals surface area contributed by atoms with Crippen molar-refractivity contribution in [3.05, 3.63) is 0 Å². The molecule has 0 radical (unpaired) electrons. The van der Waals surface area contributed by atoms with E-state index in [1.165, 1.54) is 6.42 Å². The van der Waals surface area contributed by atoms with Gasteiger partial charge in [0.2, 0.25) is 11.8 Å². The molecule has 194 valence electrons. The fourth-order valence-electron chi connectivity index (χ4n) is 6.42. The number of amides is 2. The zero-order chi connectivity index (χ0) is 24.3. The quantitative estimate of drug-likeness (QED) is 0.443. The van der Waals surface area contributed by atoms with E-state index in [0.29, 0.717) is 50.9 Å². The SMILES string of the molecule is CC1CCCC(OCC(=O)NC23CCC(NC(=O)COC4CCC(Cl)C(F)C4)(CC2)C[C@@H]3O)C1. The van der Waals surface area contributed by atoms with E-state index in [0.717, 1.165) is 19.3 Å². The van der Waals surface area contributed by atoms with E-state index < -0.39 is 28.7 Å². The predicted molar refractivity (Wildman–Crippen MR) is 126 cm³/mol. The van der Waals surface area contributed by atoms with E-state index >= 15 is 0 Å². The van der Waals surface area contributed by atoms with Crippen molar-refractivity contribution in [3.8, 4) is 0 Å².